The van der Waals surface area contributed by atoms with Gasteiger partial charge in [-0.3, -0.25) is 0 Å². The zero-order valence-electron chi connectivity index (χ0n) is 10.4. The third-order valence-electron chi connectivity index (χ3n) is 2.47. The van der Waals surface area contributed by atoms with Gasteiger partial charge in [-0.2, -0.15) is 5.10 Å². The van der Waals surface area contributed by atoms with Crippen LogP contribution in [0.1, 0.15) is 12.5 Å². The van der Waals surface area contributed by atoms with Crippen LogP contribution < -0.4 is 5.32 Å². The molecule has 96 valence electrons. The van der Waals surface area contributed by atoms with Gasteiger partial charge in [-0.15, -0.1) is 0 Å². The van der Waals surface area contributed by atoms with E-state index in [9.17, 15) is 0 Å². The molecular weight excluding hydrogens is 312 g/mol. The number of hydrogen-bond acceptors (Lipinski definition) is 4. The fourth-order valence-electron chi connectivity index (χ4n) is 1.51. The number of rotatable bonds is 5. The lowest BCUT2D eigenvalue weighted by Crippen LogP contribution is -2.12. The second-order valence-electron chi connectivity index (χ2n) is 3.80. The average Bonchev–Trinajstić information content (AvgIpc) is 2.74. The Morgan fingerprint density at radius 2 is 2.28 bits per heavy atom. The molecule has 0 radical (unpaired) electrons. The molecule has 0 aliphatic heterocycles. The van der Waals surface area contributed by atoms with Crippen LogP contribution in [0.3, 0.4) is 0 Å². The molecule has 0 aliphatic rings. The molecule has 0 unspecified atom stereocenters. The number of benzene rings is 1. The van der Waals surface area contributed by atoms with Gasteiger partial charge >= 0.3 is 0 Å². The Kier molecular flexibility index (Phi) is 4.79. The number of nitrogens with zero attached hydrogens (tertiary/aromatic N) is 3. The second kappa shape index (κ2) is 6.36. The highest BCUT2D eigenvalue weighted by Gasteiger charge is 2.08. The molecule has 0 atom stereocenters. The Bertz CT molecular complexity index is 527. The molecule has 0 bridgehead atoms. The first-order valence-electron chi connectivity index (χ1n) is 5.71. The quantitative estimate of drug-likeness (QED) is 0.917. The zero-order valence-corrected chi connectivity index (χ0v) is 12.8. The lowest BCUT2D eigenvalue weighted by molar-refractivity contribution is 0.684. The van der Waals surface area contributed by atoms with Crippen molar-refractivity contribution in [3.05, 3.63) is 34.6 Å². The highest BCUT2D eigenvalue weighted by atomic mass is 79.9. The van der Waals surface area contributed by atoms with Crippen LogP contribution in [0.4, 0.5) is 0 Å². The maximum Gasteiger partial charge on any atom is 0.190 e. The van der Waals surface area contributed by atoms with Gasteiger partial charge in [-0.05, 0) is 36.0 Å². The van der Waals surface area contributed by atoms with Gasteiger partial charge in [0.1, 0.15) is 6.33 Å². The maximum absolute atomic E-state index is 4.24. The van der Waals surface area contributed by atoms with E-state index in [0.29, 0.717) is 0 Å². The summed E-state index contributed by atoms with van der Waals surface area (Å²) in [6, 6.07) is 6.31. The number of aromatic nitrogens is 3. The van der Waals surface area contributed by atoms with E-state index in [1.54, 1.807) is 22.8 Å². The Balaban J connectivity index is 2.24. The first-order chi connectivity index (χ1) is 8.70. The monoisotopic (exact) mass is 326 g/mol. The summed E-state index contributed by atoms with van der Waals surface area (Å²) in [6.07, 6.45) is 1.57. The van der Waals surface area contributed by atoms with E-state index in [0.717, 1.165) is 22.7 Å². The molecule has 2 aromatic rings. The minimum atomic E-state index is 0.865. The molecule has 2 rings (SSSR count). The van der Waals surface area contributed by atoms with Crippen molar-refractivity contribution in [2.45, 2.75) is 23.5 Å². The van der Waals surface area contributed by atoms with E-state index < -0.39 is 0 Å². The van der Waals surface area contributed by atoms with E-state index >= 15 is 0 Å². The molecule has 0 saturated heterocycles. The van der Waals surface area contributed by atoms with Gasteiger partial charge in [0.2, 0.25) is 0 Å². The normalized spacial score (nSPS) is 10.8. The molecule has 0 spiro atoms. The summed E-state index contributed by atoms with van der Waals surface area (Å²) in [7, 11) is 1.90. The number of aryl methyl sites for hydroxylation is 1. The van der Waals surface area contributed by atoms with Gasteiger partial charge in [-0.1, -0.05) is 28.9 Å². The standard InChI is InChI=1S/C12H15BrN4S/c1-3-14-7-9-4-5-10(13)6-11(9)18-12-15-8-16-17(12)2/h4-6,8,14H,3,7H2,1-2H3. The SMILES string of the molecule is CCNCc1ccc(Br)cc1Sc1ncnn1C. The lowest BCUT2D eigenvalue weighted by atomic mass is 10.2. The molecule has 1 aromatic heterocycles. The second-order valence-corrected chi connectivity index (χ2v) is 5.73. The first-order valence-corrected chi connectivity index (χ1v) is 7.32. The number of halogens is 1. The molecule has 1 N–H and O–H groups in total. The van der Waals surface area contributed by atoms with Crippen LogP contribution in [0.2, 0.25) is 0 Å². The minimum absolute atomic E-state index is 0.865. The fraction of sp³-hybridized carbons (Fsp3) is 0.333. The molecule has 4 nitrogen and oxygen atoms in total. The van der Waals surface area contributed by atoms with Crippen molar-refractivity contribution in [3.8, 4) is 0 Å². The van der Waals surface area contributed by atoms with Crippen LogP contribution >= 0.6 is 27.7 Å². The summed E-state index contributed by atoms with van der Waals surface area (Å²) < 4.78 is 2.86. The predicted molar refractivity (Wildman–Crippen MR) is 76.6 cm³/mol. The highest BCUT2D eigenvalue weighted by Crippen LogP contribution is 2.31. The van der Waals surface area contributed by atoms with Gasteiger partial charge in [-0.25, -0.2) is 9.67 Å². The zero-order chi connectivity index (χ0) is 13.0. The van der Waals surface area contributed by atoms with E-state index in [2.05, 4.69) is 56.5 Å². The van der Waals surface area contributed by atoms with E-state index in [-0.39, 0.29) is 0 Å². The summed E-state index contributed by atoms with van der Waals surface area (Å²) in [5.41, 5.74) is 1.27. The third-order valence-corrected chi connectivity index (χ3v) is 4.11. The van der Waals surface area contributed by atoms with Crippen molar-refractivity contribution in [2.75, 3.05) is 6.54 Å². The van der Waals surface area contributed by atoms with Crippen molar-refractivity contribution in [1.82, 2.24) is 20.1 Å². The highest BCUT2D eigenvalue weighted by molar-refractivity contribution is 9.10. The average molecular weight is 327 g/mol. The largest absolute Gasteiger partial charge is 0.313 e. The van der Waals surface area contributed by atoms with Gasteiger partial charge in [0.25, 0.3) is 0 Å². The van der Waals surface area contributed by atoms with Gasteiger partial charge < -0.3 is 5.32 Å². The van der Waals surface area contributed by atoms with Crippen molar-refractivity contribution in [3.63, 3.8) is 0 Å². The molecule has 6 heteroatoms. The van der Waals surface area contributed by atoms with Crippen LogP contribution in [0.15, 0.2) is 39.1 Å². The molecule has 1 heterocycles. The van der Waals surface area contributed by atoms with Crippen LogP contribution in [0.5, 0.6) is 0 Å². The molecule has 1 aromatic carbocycles. The van der Waals surface area contributed by atoms with Gasteiger partial charge in [0, 0.05) is 23.0 Å². The van der Waals surface area contributed by atoms with E-state index in [1.165, 1.54) is 10.5 Å². The van der Waals surface area contributed by atoms with E-state index in [1.807, 2.05) is 7.05 Å². The topological polar surface area (TPSA) is 42.7 Å². The minimum Gasteiger partial charge on any atom is -0.313 e. The summed E-state index contributed by atoms with van der Waals surface area (Å²) in [4.78, 5) is 5.44. The fourth-order valence-corrected chi connectivity index (χ4v) is 2.95. The number of hydrogen-bond donors (Lipinski definition) is 1. The molecule has 0 amide bonds. The Morgan fingerprint density at radius 3 is 2.94 bits per heavy atom. The summed E-state index contributed by atoms with van der Waals surface area (Å²) in [5, 5.41) is 8.33. The van der Waals surface area contributed by atoms with Crippen LogP contribution in [-0.4, -0.2) is 21.3 Å². The summed E-state index contributed by atoms with van der Waals surface area (Å²) in [6.45, 7) is 3.93. The van der Waals surface area contributed by atoms with Crippen LogP contribution in [0, 0.1) is 0 Å². The molecular formula is C12H15BrN4S. The Labute approximate surface area is 119 Å². The third kappa shape index (κ3) is 3.34. The summed E-state index contributed by atoms with van der Waals surface area (Å²) >= 11 is 5.14. The smallest absolute Gasteiger partial charge is 0.190 e. The molecule has 0 fully saturated rings. The summed E-state index contributed by atoms with van der Waals surface area (Å²) in [5.74, 6) is 0. The van der Waals surface area contributed by atoms with Crippen molar-refractivity contribution in [1.29, 1.82) is 0 Å². The Hall–Kier alpha value is -0.850. The molecule has 18 heavy (non-hydrogen) atoms. The maximum atomic E-state index is 4.24. The van der Waals surface area contributed by atoms with Crippen molar-refractivity contribution >= 4 is 27.7 Å². The predicted octanol–water partition coefficient (Wildman–Crippen LogP) is 2.84. The van der Waals surface area contributed by atoms with Gasteiger partial charge in [0.05, 0.1) is 0 Å². The first kappa shape index (κ1) is 13.6. The van der Waals surface area contributed by atoms with Crippen molar-refractivity contribution in [2.24, 2.45) is 7.05 Å². The molecule has 0 saturated carbocycles. The Morgan fingerprint density at radius 1 is 1.44 bits per heavy atom. The van der Waals surface area contributed by atoms with Crippen molar-refractivity contribution < 1.29 is 0 Å². The van der Waals surface area contributed by atoms with Crippen LogP contribution in [-0.2, 0) is 13.6 Å². The van der Waals surface area contributed by atoms with Crippen LogP contribution in [0.25, 0.3) is 0 Å². The lowest BCUT2D eigenvalue weighted by Gasteiger charge is -2.09. The molecule has 0 aliphatic carbocycles. The number of nitrogens with one attached hydrogen (secondary N) is 1. The van der Waals surface area contributed by atoms with Gasteiger partial charge in [0.15, 0.2) is 5.16 Å². The van der Waals surface area contributed by atoms with E-state index in [4.69, 9.17) is 0 Å².